The molecule has 9 heteroatoms. The van der Waals surface area contributed by atoms with E-state index in [2.05, 4.69) is 10.1 Å². The van der Waals surface area contributed by atoms with Crippen molar-refractivity contribution in [1.82, 2.24) is 15.0 Å². The van der Waals surface area contributed by atoms with Crippen LogP contribution in [0.5, 0.6) is 0 Å². The summed E-state index contributed by atoms with van der Waals surface area (Å²) < 4.78 is 46.4. The summed E-state index contributed by atoms with van der Waals surface area (Å²) in [5.41, 5.74) is -0.0279. The first-order valence-electron chi connectivity index (χ1n) is 7.17. The summed E-state index contributed by atoms with van der Waals surface area (Å²) in [6, 6.07) is 2.95. The number of alkyl halides is 2. The van der Waals surface area contributed by atoms with E-state index in [9.17, 15) is 18.0 Å². The Kier molecular flexibility index (Phi) is 4.25. The molecular formula is C15H13ClF3N3O2. The maximum atomic E-state index is 13.8. The lowest BCUT2D eigenvalue weighted by Crippen LogP contribution is -2.34. The molecule has 0 spiro atoms. The molecule has 5 nitrogen and oxygen atoms in total. The number of rotatable bonds is 3. The van der Waals surface area contributed by atoms with Gasteiger partial charge in [0.1, 0.15) is 11.9 Å². The quantitative estimate of drug-likeness (QED) is 0.843. The Bertz CT molecular complexity index is 761. The first-order valence-corrected chi connectivity index (χ1v) is 7.55. The van der Waals surface area contributed by atoms with Crippen LogP contribution in [0.2, 0.25) is 5.02 Å². The third kappa shape index (κ3) is 3.24. The van der Waals surface area contributed by atoms with E-state index in [0.29, 0.717) is 0 Å². The lowest BCUT2D eigenvalue weighted by molar-refractivity contribution is -0.133. The number of aromatic nitrogens is 2. The van der Waals surface area contributed by atoms with Crippen LogP contribution < -0.4 is 0 Å². The molecule has 3 rings (SSSR count). The predicted molar refractivity (Wildman–Crippen MR) is 78.2 cm³/mol. The zero-order valence-corrected chi connectivity index (χ0v) is 13.4. The van der Waals surface area contributed by atoms with Gasteiger partial charge in [0.2, 0.25) is 11.8 Å². The molecule has 0 aliphatic carbocycles. The lowest BCUT2D eigenvalue weighted by Gasteiger charge is -2.21. The van der Waals surface area contributed by atoms with Gasteiger partial charge in [-0.15, -0.1) is 0 Å². The van der Waals surface area contributed by atoms with E-state index in [0.717, 1.165) is 11.0 Å². The Morgan fingerprint density at radius 3 is 2.88 bits per heavy atom. The number of benzene rings is 1. The van der Waals surface area contributed by atoms with Crippen LogP contribution in [0.3, 0.4) is 0 Å². The number of hydrogen-bond donors (Lipinski definition) is 0. The molecule has 1 aliphatic rings. The van der Waals surface area contributed by atoms with E-state index in [1.54, 1.807) is 6.92 Å². The molecule has 1 aromatic heterocycles. The first-order chi connectivity index (χ1) is 11.3. The minimum atomic E-state index is -3.08. The van der Waals surface area contributed by atoms with Gasteiger partial charge in [-0.05, 0) is 19.1 Å². The Morgan fingerprint density at radius 2 is 2.25 bits per heavy atom. The van der Waals surface area contributed by atoms with Crippen LogP contribution in [-0.4, -0.2) is 33.4 Å². The molecule has 128 valence electrons. The summed E-state index contributed by atoms with van der Waals surface area (Å²) in [5.74, 6) is -4.20. The standard InChI is InChI=1S/C15H13ClF3N3O2/c1-8-20-14(24-21-8)12-6-15(18,19)7-22(12)13(23)5-9-10(16)3-2-4-11(9)17/h2-4,12H,5-7H2,1H3/t12-/m0/s1. The summed E-state index contributed by atoms with van der Waals surface area (Å²) in [4.78, 5) is 17.3. The van der Waals surface area contributed by atoms with Gasteiger partial charge in [0.05, 0.1) is 13.0 Å². The Balaban J connectivity index is 1.86. The van der Waals surface area contributed by atoms with E-state index < -0.39 is 43.1 Å². The zero-order valence-electron chi connectivity index (χ0n) is 12.6. The first kappa shape index (κ1) is 16.8. The molecule has 1 aliphatic heterocycles. The summed E-state index contributed by atoms with van der Waals surface area (Å²) in [5, 5.41) is 3.63. The van der Waals surface area contributed by atoms with Gasteiger partial charge in [-0.2, -0.15) is 4.98 Å². The number of hydrogen-bond acceptors (Lipinski definition) is 4. The molecule has 0 bridgehead atoms. The average Bonchev–Trinajstić information content (AvgIpc) is 3.06. The fraction of sp³-hybridized carbons (Fsp3) is 0.400. The van der Waals surface area contributed by atoms with Crippen LogP contribution in [0.1, 0.15) is 29.7 Å². The monoisotopic (exact) mass is 359 g/mol. The topological polar surface area (TPSA) is 59.2 Å². The summed E-state index contributed by atoms with van der Waals surface area (Å²) >= 11 is 5.89. The molecule has 0 unspecified atom stereocenters. The molecule has 1 saturated heterocycles. The molecule has 1 aromatic carbocycles. The van der Waals surface area contributed by atoms with Crippen molar-refractivity contribution < 1.29 is 22.5 Å². The van der Waals surface area contributed by atoms with E-state index in [4.69, 9.17) is 16.1 Å². The Hall–Kier alpha value is -2.09. The van der Waals surface area contributed by atoms with Gasteiger partial charge in [0.15, 0.2) is 5.82 Å². The van der Waals surface area contributed by atoms with Crippen LogP contribution in [-0.2, 0) is 11.2 Å². The third-order valence-electron chi connectivity index (χ3n) is 3.81. The third-order valence-corrected chi connectivity index (χ3v) is 4.16. The van der Waals surface area contributed by atoms with Crippen molar-refractivity contribution in [3.63, 3.8) is 0 Å². The largest absolute Gasteiger partial charge is 0.337 e. The highest BCUT2D eigenvalue weighted by molar-refractivity contribution is 6.31. The molecule has 1 fully saturated rings. The zero-order chi connectivity index (χ0) is 17.5. The van der Waals surface area contributed by atoms with Gasteiger partial charge in [-0.25, -0.2) is 13.2 Å². The summed E-state index contributed by atoms with van der Waals surface area (Å²) in [6.07, 6.45) is -1.05. The highest BCUT2D eigenvalue weighted by Gasteiger charge is 2.49. The van der Waals surface area contributed by atoms with Gasteiger partial charge >= 0.3 is 0 Å². The molecule has 0 saturated carbocycles. The van der Waals surface area contributed by atoms with Crippen molar-refractivity contribution in [1.29, 1.82) is 0 Å². The maximum absolute atomic E-state index is 13.8. The van der Waals surface area contributed by atoms with Crippen molar-refractivity contribution in [2.45, 2.75) is 31.7 Å². The van der Waals surface area contributed by atoms with E-state index >= 15 is 0 Å². The van der Waals surface area contributed by atoms with Gasteiger partial charge in [0, 0.05) is 17.0 Å². The molecule has 2 heterocycles. The van der Waals surface area contributed by atoms with E-state index in [1.807, 2.05) is 0 Å². The fourth-order valence-corrected chi connectivity index (χ4v) is 2.93. The Labute approximate surface area is 140 Å². The molecule has 0 N–H and O–H groups in total. The second-order valence-electron chi connectivity index (χ2n) is 5.65. The normalized spacial score (nSPS) is 19.7. The molecule has 1 amide bonds. The summed E-state index contributed by atoms with van der Waals surface area (Å²) in [6.45, 7) is 0.759. The minimum Gasteiger partial charge on any atom is -0.337 e. The number of carbonyl (C=O) groups is 1. The number of aryl methyl sites for hydroxylation is 1. The van der Waals surface area contributed by atoms with Crippen LogP contribution in [0.4, 0.5) is 13.2 Å². The van der Waals surface area contributed by atoms with Gasteiger partial charge in [0.25, 0.3) is 5.92 Å². The fourth-order valence-electron chi connectivity index (χ4n) is 2.70. The SMILES string of the molecule is Cc1noc([C@@H]2CC(F)(F)CN2C(=O)Cc2c(F)cccc2Cl)n1. The van der Waals surface area contributed by atoms with Crippen LogP contribution >= 0.6 is 11.6 Å². The molecular weight excluding hydrogens is 347 g/mol. The van der Waals surface area contributed by atoms with E-state index in [1.165, 1.54) is 12.1 Å². The molecule has 0 radical (unpaired) electrons. The maximum Gasteiger partial charge on any atom is 0.267 e. The average molecular weight is 360 g/mol. The van der Waals surface area contributed by atoms with Crippen molar-refractivity contribution in [2.75, 3.05) is 6.54 Å². The minimum absolute atomic E-state index is 0.0279. The Morgan fingerprint density at radius 1 is 1.50 bits per heavy atom. The van der Waals surface area contributed by atoms with Crippen molar-refractivity contribution in [2.24, 2.45) is 0 Å². The smallest absolute Gasteiger partial charge is 0.267 e. The van der Waals surface area contributed by atoms with Gasteiger partial charge in [-0.3, -0.25) is 4.79 Å². The second kappa shape index (κ2) is 6.08. The van der Waals surface area contributed by atoms with Crippen molar-refractivity contribution >= 4 is 17.5 Å². The second-order valence-corrected chi connectivity index (χ2v) is 6.06. The van der Waals surface area contributed by atoms with Crippen molar-refractivity contribution in [3.05, 3.63) is 46.3 Å². The number of halogens is 4. The predicted octanol–water partition coefficient (Wildman–Crippen LogP) is 3.32. The van der Waals surface area contributed by atoms with Crippen molar-refractivity contribution in [3.8, 4) is 0 Å². The van der Waals surface area contributed by atoms with Gasteiger partial charge in [-0.1, -0.05) is 22.8 Å². The van der Waals surface area contributed by atoms with E-state index in [-0.39, 0.29) is 22.3 Å². The lowest BCUT2D eigenvalue weighted by atomic mass is 10.1. The molecule has 2 aromatic rings. The number of nitrogens with zero attached hydrogens (tertiary/aromatic N) is 3. The highest BCUT2D eigenvalue weighted by Crippen LogP contribution is 2.41. The number of amides is 1. The van der Waals surface area contributed by atoms with Crippen LogP contribution in [0.15, 0.2) is 22.7 Å². The van der Waals surface area contributed by atoms with Crippen LogP contribution in [0.25, 0.3) is 0 Å². The number of carbonyl (C=O) groups excluding carboxylic acids is 1. The van der Waals surface area contributed by atoms with Gasteiger partial charge < -0.3 is 9.42 Å². The molecule has 24 heavy (non-hydrogen) atoms. The number of likely N-dealkylation sites (tertiary alicyclic amines) is 1. The highest BCUT2D eigenvalue weighted by atomic mass is 35.5. The molecule has 1 atom stereocenters. The van der Waals surface area contributed by atoms with Crippen LogP contribution in [0, 0.1) is 12.7 Å². The summed E-state index contributed by atoms with van der Waals surface area (Å²) in [7, 11) is 0.